The van der Waals surface area contributed by atoms with Crippen molar-refractivity contribution in [3.8, 4) is 0 Å². The summed E-state index contributed by atoms with van der Waals surface area (Å²) in [5.74, 6) is 0. The summed E-state index contributed by atoms with van der Waals surface area (Å²) < 4.78 is 1.00. The Morgan fingerprint density at radius 1 is 0.611 bits per heavy atom. The summed E-state index contributed by atoms with van der Waals surface area (Å²) in [6.07, 6.45) is 2.00. The molecule has 0 spiro atoms. The summed E-state index contributed by atoms with van der Waals surface area (Å²) in [5.41, 5.74) is 0. The molecule has 0 N–H and O–H groups in total. The summed E-state index contributed by atoms with van der Waals surface area (Å²) in [6.45, 7) is 0. The average Bonchev–Trinajstić information content (AvgIpc) is 2.04. The minimum atomic E-state index is 0. The van der Waals surface area contributed by atoms with Crippen molar-refractivity contribution < 1.29 is 40.4 Å². The maximum atomic E-state index is 8.24. The van der Waals surface area contributed by atoms with Crippen LogP contribution < -0.4 is 0 Å². The zero-order valence-corrected chi connectivity index (χ0v) is 11.2. The van der Waals surface area contributed by atoms with Gasteiger partial charge in [-0.3, -0.25) is 19.2 Å². The van der Waals surface area contributed by atoms with Gasteiger partial charge < -0.3 is 26.1 Å². The number of hydrogen-bond donors (Lipinski definition) is 0. The number of hydrogen-bond acceptors (Lipinski definition) is 4. The molecule has 0 aliphatic carbocycles. The number of nitrogens with zero attached hydrogens (tertiary/aromatic N) is 5. The topological polar surface area (TPSA) is 157 Å². The predicted molar refractivity (Wildman–Crippen MR) is 60.2 cm³/mol. The van der Waals surface area contributed by atoms with Crippen LogP contribution in [0.2, 0.25) is 0 Å². The second kappa shape index (κ2) is 46.0. The molecule has 9 nitrogen and oxygen atoms in total. The summed E-state index contributed by atoms with van der Waals surface area (Å²) in [4.78, 5) is 32.9. The second-order valence-corrected chi connectivity index (χ2v) is 3.05. The molecule has 0 aromatic heterocycles. The molecule has 0 rings (SSSR count). The first-order valence-corrected chi connectivity index (χ1v) is 3.50. The predicted octanol–water partition coefficient (Wildman–Crippen LogP) is -0.114. The van der Waals surface area contributed by atoms with Gasteiger partial charge in [-0.25, -0.2) is 0 Å². The van der Waals surface area contributed by atoms with Crippen LogP contribution in [0.3, 0.4) is 0 Å². The first-order chi connectivity index (χ1) is 7.66. The zero-order chi connectivity index (χ0) is 15.3. The monoisotopic (exact) mass is 301 g/mol. The molecule has 0 fully saturated rings. The molecule has 0 saturated carbocycles. The third-order valence-corrected chi connectivity index (χ3v) is 0. The van der Waals surface area contributed by atoms with Crippen LogP contribution in [0.15, 0.2) is 0 Å². The van der Waals surface area contributed by atoms with Crippen LogP contribution in [-0.2, 0) is 36.0 Å². The Kier molecular flexibility index (Phi) is 91.9. The molecular formula is C8H12CoN5O4-. The van der Waals surface area contributed by atoms with E-state index in [1.165, 1.54) is 0 Å². The van der Waals surface area contributed by atoms with E-state index in [1.807, 2.05) is 0 Å². The summed E-state index contributed by atoms with van der Waals surface area (Å²) >= 11 is 0. The van der Waals surface area contributed by atoms with Gasteiger partial charge in [0, 0.05) is 0 Å². The van der Waals surface area contributed by atoms with Crippen molar-refractivity contribution in [3.63, 3.8) is 0 Å². The Balaban J connectivity index is -0.0000000252. The van der Waals surface area contributed by atoms with E-state index in [1.54, 1.807) is 0 Å². The van der Waals surface area contributed by atoms with Crippen LogP contribution >= 0.6 is 0 Å². The first kappa shape index (κ1) is 36.0. The molecule has 0 amide bonds. The molecule has 0 unspecified atom stereocenters. The van der Waals surface area contributed by atoms with Gasteiger partial charge in [0.15, 0.2) is 0 Å². The van der Waals surface area contributed by atoms with E-state index in [0.717, 1.165) is 4.48 Å². The van der Waals surface area contributed by atoms with E-state index < -0.39 is 0 Å². The van der Waals surface area contributed by atoms with Crippen molar-refractivity contribution in [2.75, 3.05) is 28.2 Å². The van der Waals surface area contributed by atoms with Crippen LogP contribution in [0, 0.1) is 0 Å². The van der Waals surface area contributed by atoms with Crippen LogP contribution in [-0.4, -0.2) is 57.0 Å². The quantitative estimate of drug-likeness (QED) is 0.347. The molecule has 0 aromatic carbocycles. The maximum Gasteiger partial charge on any atom is 2.00 e. The van der Waals surface area contributed by atoms with Crippen molar-refractivity contribution in [2.45, 2.75) is 0 Å². The number of rotatable bonds is 0. The Labute approximate surface area is 115 Å². The van der Waals surface area contributed by atoms with E-state index in [2.05, 4.69) is 28.2 Å². The summed E-state index contributed by atoms with van der Waals surface area (Å²) in [7, 11) is 8.50. The zero-order valence-electron chi connectivity index (χ0n) is 10.2. The number of quaternary nitrogens is 1. The van der Waals surface area contributed by atoms with Gasteiger partial charge in [-0.15, -0.1) is 0 Å². The van der Waals surface area contributed by atoms with Gasteiger partial charge >= 0.3 is 16.8 Å². The molecule has 10 heteroatoms. The van der Waals surface area contributed by atoms with Gasteiger partial charge in [-0.1, -0.05) is 0 Å². The smallest absolute Gasteiger partial charge is 0.724 e. The van der Waals surface area contributed by atoms with E-state index >= 15 is 0 Å². The van der Waals surface area contributed by atoms with Gasteiger partial charge in [0.05, 0.1) is 28.2 Å². The molecule has 0 heterocycles. The molecule has 0 saturated heterocycles. The Bertz CT molecular complexity index is 222. The van der Waals surface area contributed by atoms with Crippen molar-refractivity contribution in [1.29, 1.82) is 0 Å². The van der Waals surface area contributed by atoms with Gasteiger partial charge in [-0.05, 0) is 24.3 Å². The van der Waals surface area contributed by atoms with Crippen LogP contribution in [0.1, 0.15) is 0 Å². The second-order valence-electron chi connectivity index (χ2n) is 3.05. The largest absolute Gasteiger partial charge is 2.00 e. The average molecular weight is 301 g/mol. The molecule has 0 aliphatic rings. The van der Waals surface area contributed by atoms with Gasteiger partial charge in [0.25, 0.3) is 0 Å². The number of isocyanates is 4. The number of carbonyl (C=O) groups excluding carboxylic acids is 4. The normalized spacial score (nSPS) is 5.11. The van der Waals surface area contributed by atoms with Crippen molar-refractivity contribution in [1.82, 2.24) is 0 Å². The summed E-state index contributed by atoms with van der Waals surface area (Å²) in [6, 6.07) is 0. The fourth-order valence-electron chi connectivity index (χ4n) is 0. The molecule has 0 aliphatic heterocycles. The minimum Gasteiger partial charge on any atom is -0.724 e. The summed E-state index contributed by atoms with van der Waals surface area (Å²) in [5, 5.41) is 27.1. The fraction of sp³-hybridized carbons (Fsp3) is 0.500. The third kappa shape index (κ3) is 582. The Morgan fingerprint density at radius 3 is 0.611 bits per heavy atom. The molecule has 0 aromatic rings. The van der Waals surface area contributed by atoms with Crippen LogP contribution in [0.5, 0.6) is 0 Å². The van der Waals surface area contributed by atoms with E-state index in [-0.39, 0.29) is 16.8 Å². The standard InChI is InChI=1S/C4H12N.4CNO.Co/c1-5(2,3)4;4*2-1-3;/h1-4H3;;;;;/q+1;4*-1;+2. The Hall–Kier alpha value is -2.01. The van der Waals surface area contributed by atoms with Crippen LogP contribution in [0.4, 0.5) is 0 Å². The molecule has 1 radical (unpaired) electrons. The fourth-order valence-corrected chi connectivity index (χ4v) is 0. The molecule has 0 atom stereocenters. The van der Waals surface area contributed by atoms with E-state index in [9.17, 15) is 0 Å². The van der Waals surface area contributed by atoms with Crippen molar-refractivity contribution in [3.05, 3.63) is 21.6 Å². The molecule has 18 heavy (non-hydrogen) atoms. The maximum absolute atomic E-state index is 8.24. The van der Waals surface area contributed by atoms with Crippen molar-refractivity contribution in [2.24, 2.45) is 0 Å². The van der Waals surface area contributed by atoms with Crippen molar-refractivity contribution >= 4 is 24.3 Å². The van der Waals surface area contributed by atoms with Gasteiger partial charge in [0.1, 0.15) is 0 Å². The van der Waals surface area contributed by atoms with E-state index in [0.29, 0.717) is 24.3 Å². The van der Waals surface area contributed by atoms with Crippen LogP contribution in [0.25, 0.3) is 21.6 Å². The molecule has 0 bridgehead atoms. The minimum absolute atomic E-state index is 0. The Morgan fingerprint density at radius 2 is 0.611 bits per heavy atom. The SMILES string of the molecule is C[N+](C)(C)C.[Co+2].[N-]=C=O.[N-]=C=O.[N-]=C=O.[N-]=C=O. The third-order valence-electron chi connectivity index (χ3n) is 0. The first-order valence-electron chi connectivity index (χ1n) is 3.50. The van der Waals surface area contributed by atoms with E-state index in [4.69, 9.17) is 40.8 Å². The molecule has 103 valence electrons. The van der Waals surface area contributed by atoms with Gasteiger partial charge in [0.2, 0.25) is 0 Å². The molecular weight excluding hydrogens is 289 g/mol. The van der Waals surface area contributed by atoms with Gasteiger partial charge in [-0.2, -0.15) is 0 Å².